The van der Waals surface area contributed by atoms with Crippen molar-refractivity contribution in [2.24, 2.45) is 5.84 Å². The number of allylic oxidation sites excluding steroid dienone is 1. The first-order valence-corrected chi connectivity index (χ1v) is 5.40. The molecular weight excluding hydrogens is 259 g/mol. The summed E-state index contributed by atoms with van der Waals surface area (Å²) in [6.07, 6.45) is 1.88. The largest absolute Gasteiger partial charge is 0.271 e. The van der Waals surface area contributed by atoms with Crippen molar-refractivity contribution in [3.8, 4) is 0 Å². The highest BCUT2D eigenvalue weighted by atomic mass is 79.9. The van der Waals surface area contributed by atoms with E-state index in [1.165, 1.54) is 6.07 Å². The molecule has 0 radical (unpaired) electrons. The van der Waals surface area contributed by atoms with Crippen molar-refractivity contribution >= 4 is 15.9 Å². The number of nitrogens with one attached hydrogen (secondary N) is 1. The van der Waals surface area contributed by atoms with Gasteiger partial charge in [-0.2, -0.15) is 0 Å². The van der Waals surface area contributed by atoms with Crippen LogP contribution in [0.1, 0.15) is 25.5 Å². The van der Waals surface area contributed by atoms with Gasteiger partial charge in [0.2, 0.25) is 0 Å². The zero-order chi connectivity index (χ0) is 11.4. The van der Waals surface area contributed by atoms with Crippen molar-refractivity contribution < 1.29 is 4.39 Å². The SMILES string of the molecule is CC(C)=CC(NN)c1cc(Br)ccc1F. The molecule has 0 aliphatic carbocycles. The van der Waals surface area contributed by atoms with E-state index >= 15 is 0 Å². The Kier molecular flexibility index (Phi) is 4.45. The predicted octanol–water partition coefficient (Wildman–Crippen LogP) is 3.06. The Hall–Kier alpha value is -0.710. The molecule has 1 atom stereocenters. The van der Waals surface area contributed by atoms with E-state index in [4.69, 9.17) is 5.84 Å². The second-order valence-corrected chi connectivity index (χ2v) is 4.47. The number of benzene rings is 1. The third kappa shape index (κ3) is 3.41. The van der Waals surface area contributed by atoms with Crippen molar-refractivity contribution in [3.63, 3.8) is 0 Å². The molecule has 0 amide bonds. The van der Waals surface area contributed by atoms with Crippen molar-refractivity contribution in [3.05, 3.63) is 45.7 Å². The molecule has 15 heavy (non-hydrogen) atoms. The fourth-order valence-corrected chi connectivity index (χ4v) is 1.69. The minimum Gasteiger partial charge on any atom is -0.271 e. The summed E-state index contributed by atoms with van der Waals surface area (Å²) in [6, 6.07) is 4.50. The Bertz CT molecular complexity index is 373. The molecule has 3 N–H and O–H groups in total. The fraction of sp³-hybridized carbons (Fsp3) is 0.273. The van der Waals surface area contributed by atoms with Gasteiger partial charge in [0, 0.05) is 10.0 Å². The zero-order valence-corrected chi connectivity index (χ0v) is 10.3. The summed E-state index contributed by atoms with van der Waals surface area (Å²) in [5.74, 6) is 5.13. The Morgan fingerprint density at radius 2 is 2.20 bits per heavy atom. The van der Waals surface area contributed by atoms with Crippen LogP contribution in [0.5, 0.6) is 0 Å². The molecule has 1 aromatic rings. The van der Waals surface area contributed by atoms with Crippen LogP contribution in [0.2, 0.25) is 0 Å². The average Bonchev–Trinajstić information content (AvgIpc) is 2.18. The molecule has 0 aliphatic rings. The van der Waals surface area contributed by atoms with Crippen LogP contribution in [0.15, 0.2) is 34.3 Å². The number of hydrazine groups is 1. The standard InChI is InChI=1S/C11H14BrFN2/c1-7(2)5-11(15-14)9-6-8(12)3-4-10(9)13/h3-6,11,15H,14H2,1-2H3. The Balaban J connectivity index is 3.11. The summed E-state index contributed by atoms with van der Waals surface area (Å²) >= 11 is 3.30. The second kappa shape index (κ2) is 5.39. The minimum absolute atomic E-state index is 0.265. The van der Waals surface area contributed by atoms with Crippen molar-refractivity contribution in [2.45, 2.75) is 19.9 Å². The lowest BCUT2D eigenvalue weighted by atomic mass is 10.0. The van der Waals surface area contributed by atoms with Crippen LogP contribution >= 0.6 is 15.9 Å². The van der Waals surface area contributed by atoms with Gasteiger partial charge in [0.1, 0.15) is 5.82 Å². The molecule has 0 aliphatic heterocycles. The predicted molar refractivity (Wildman–Crippen MR) is 63.6 cm³/mol. The van der Waals surface area contributed by atoms with Crippen LogP contribution in [0.25, 0.3) is 0 Å². The normalized spacial score (nSPS) is 12.3. The Morgan fingerprint density at radius 3 is 2.73 bits per heavy atom. The van der Waals surface area contributed by atoms with Gasteiger partial charge in [-0.1, -0.05) is 27.6 Å². The lowest BCUT2D eigenvalue weighted by Gasteiger charge is -2.14. The van der Waals surface area contributed by atoms with E-state index in [0.717, 1.165) is 10.0 Å². The molecule has 0 heterocycles. The van der Waals surface area contributed by atoms with Gasteiger partial charge < -0.3 is 0 Å². The highest BCUT2D eigenvalue weighted by Gasteiger charge is 2.11. The van der Waals surface area contributed by atoms with Crippen LogP contribution in [0.3, 0.4) is 0 Å². The summed E-state index contributed by atoms with van der Waals surface area (Å²) in [7, 11) is 0. The van der Waals surface area contributed by atoms with E-state index in [1.54, 1.807) is 12.1 Å². The summed E-state index contributed by atoms with van der Waals surface area (Å²) in [4.78, 5) is 0. The van der Waals surface area contributed by atoms with Crippen LogP contribution in [0, 0.1) is 5.82 Å². The summed E-state index contributed by atoms with van der Waals surface area (Å²) in [6.45, 7) is 3.89. The molecule has 0 saturated carbocycles. The first-order chi connectivity index (χ1) is 7.04. The van der Waals surface area contributed by atoms with Gasteiger partial charge in [-0.25, -0.2) is 9.82 Å². The molecule has 2 nitrogen and oxygen atoms in total. The van der Waals surface area contributed by atoms with E-state index in [0.29, 0.717) is 5.56 Å². The zero-order valence-electron chi connectivity index (χ0n) is 8.72. The Labute approximate surface area is 97.5 Å². The smallest absolute Gasteiger partial charge is 0.128 e. The van der Waals surface area contributed by atoms with Crippen molar-refractivity contribution in [1.29, 1.82) is 0 Å². The first kappa shape index (κ1) is 12.4. The lowest BCUT2D eigenvalue weighted by Crippen LogP contribution is -2.27. The molecule has 1 aromatic carbocycles. The molecule has 1 rings (SSSR count). The monoisotopic (exact) mass is 272 g/mol. The molecule has 82 valence electrons. The summed E-state index contributed by atoms with van der Waals surface area (Å²) in [5.41, 5.74) is 4.20. The second-order valence-electron chi connectivity index (χ2n) is 3.55. The maximum Gasteiger partial charge on any atom is 0.128 e. The molecule has 0 fully saturated rings. The van der Waals surface area contributed by atoms with E-state index in [2.05, 4.69) is 21.4 Å². The maximum absolute atomic E-state index is 13.5. The van der Waals surface area contributed by atoms with Gasteiger partial charge in [-0.05, 0) is 32.0 Å². The number of halogens is 2. The molecule has 0 spiro atoms. The van der Waals surface area contributed by atoms with Crippen molar-refractivity contribution in [2.75, 3.05) is 0 Å². The average molecular weight is 273 g/mol. The number of hydrogen-bond donors (Lipinski definition) is 2. The van der Waals surface area contributed by atoms with Gasteiger partial charge >= 0.3 is 0 Å². The van der Waals surface area contributed by atoms with Gasteiger partial charge in [0.25, 0.3) is 0 Å². The first-order valence-electron chi connectivity index (χ1n) is 4.60. The topological polar surface area (TPSA) is 38.0 Å². The van der Waals surface area contributed by atoms with Crippen LogP contribution in [-0.2, 0) is 0 Å². The number of nitrogens with two attached hydrogens (primary N) is 1. The van der Waals surface area contributed by atoms with E-state index in [1.807, 2.05) is 19.9 Å². The van der Waals surface area contributed by atoms with Gasteiger partial charge in [-0.3, -0.25) is 5.84 Å². The minimum atomic E-state index is -0.299. The number of hydrogen-bond acceptors (Lipinski definition) is 2. The fourth-order valence-electron chi connectivity index (χ4n) is 1.31. The van der Waals surface area contributed by atoms with E-state index < -0.39 is 0 Å². The quantitative estimate of drug-likeness (QED) is 0.504. The van der Waals surface area contributed by atoms with Crippen LogP contribution in [0.4, 0.5) is 4.39 Å². The van der Waals surface area contributed by atoms with Gasteiger partial charge in [0.15, 0.2) is 0 Å². The van der Waals surface area contributed by atoms with Crippen molar-refractivity contribution in [1.82, 2.24) is 5.43 Å². The van der Waals surface area contributed by atoms with Crippen LogP contribution in [-0.4, -0.2) is 0 Å². The summed E-state index contributed by atoms with van der Waals surface area (Å²) < 4.78 is 14.3. The van der Waals surface area contributed by atoms with Gasteiger partial charge in [-0.15, -0.1) is 0 Å². The third-order valence-electron chi connectivity index (χ3n) is 1.97. The lowest BCUT2D eigenvalue weighted by molar-refractivity contribution is 0.566. The Morgan fingerprint density at radius 1 is 1.53 bits per heavy atom. The molecule has 0 saturated heterocycles. The van der Waals surface area contributed by atoms with E-state index in [9.17, 15) is 4.39 Å². The molecule has 0 aromatic heterocycles. The van der Waals surface area contributed by atoms with Crippen LogP contribution < -0.4 is 11.3 Å². The summed E-state index contributed by atoms with van der Waals surface area (Å²) in [5, 5.41) is 0. The number of rotatable bonds is 3. The molecule has 0 bridgehead atoms. The molecule has 1 unspecified atom stereocenters. The maximum atomic E-state index is 13.5. The highest BCUT2D eigenvalue weighted by molar-refractivity contribution is 9.10. The molecular formula is C11H14BrFN2. The molecule has 4 heteroatoms. The highest BCUT2D eigenvalue weighted by Crippen LogP contribution is 2.22. The van der Waals surface area contributed by atoms with E-state index in [-0.39, 0.29) is 11.9 Å². The van der Waals surface area contributed by atoms with Gasteiger partial charge in [0.05, 0.1) is 6.04 Å². The third-order valence-corrected chi connectivity index (χ3v) is 2.47.